The van der Waals surface area contributed by atoms with Gasteiger partial charge in [0.15, 0.2) is 5.11 Å². The number of pyridine rings is 1. The van der Waals surface area contributed by atoms with E-state index in [9.17, 15) is 0 Å². The van der Waals surface area contributed by atoms with E-state index < -0.39 is 0 Å². The summed E-state index contributed by atoms with van der Waals surface area (Å²) in [6, 6.07) is 26.8. The van der Waals surface area contributed by atoms with Gasteiger partial charge in [-0.05, 0) is 93.7 Å². The molecule has 0 bridgehead atoms. The average molecular weight is 469 g/mol. The van der Waals surface area contributed by atoms with Crippen molar-refractivity contribution in [3.05, 3.63) is 108 Å². The molecular formula is C28H28N4OS. The predicted molar refractivity (Wildman–Crippen MR) is 141 cm³/mol. The molecule has 2 aromatic heterocycles. The SMILES string of the molecule is Cc1ccc(-n2cccc2[C@H]2[C@@H](c3ccccn3)NC(=S)N2c2ccc(OC(C)C)cc2)cc1. The number of aromatic nitrogens is 2. The lowest BCUT2D eigenvalue weighted by Crippen LogP contribution is -2.30. The van der Waals surface area contributed by atoms with Gasteiger partial charge >= 0.3 is 0 Å². The number of hydrogen-bond acceptors (Lipinski definition) is 3. The van der Waals surface area contributed by atoms with Crippen LogP contribution in [-0.2, 0) is 0 Å². The van der Waals surface area contributed by atoms with Crippen molar-refractivity contribution in [2.24, 2.45) is 0 Å². The molecule has 6 heteroatoms. The Morgan fingerprint density at radius 2 is 1.65 bits per heavy atom. The first-order chi connectivity index (χ1) is 16.5. The van der Waals surface area contributed by atoms with Gasteiger partial charge in [0.1, 0.15) is 11.8 Å². The van der Waals surface area contributed by atoms with Gasteiger partial charge in [-0.25, -0.2) is 0 Å². The molecular weight excluding hydrogens is 440 g/mol. The molecule has 0 radical (unpaired) electrons. The highest BCUT2D eigenvalue weighted by Crippen LogP contribution is 2.42. The van der Waals surface area contributed by atoms with Crippen molar-refractivity contribution in [3.63, 3.8) is 0 Å². The smallest absolute Gasteiger partial charge is 0.174 e. The summed E-state index contributed by atoms with van der Waals surface area (Å²) < 4.78 is 8.09. The molecule has 1 aliphatic heterocycles. The van der Waals surface area contributed by atoms with Crippen LogP contribution < -0.4 is 15.0 Å². The van der Waals surface area contributed by atoms with Crippen LogP contribution in [0.5, 0.6) is 5.75 Å². The van der Waals surface area contributed by atoms with Gasteiger partial charge in [-0.1, -0.05) is 23.8 Å². The number of benzene rings is 2. The number of hydrogen-bond donors (Lipinski definition) is 1. The Kier molecular flexibility index (Phi) is 6.07. The third kappa shape index (κ3) is 4.29. The van der Waals surface area contributed by atoms with Crippen LogP contribution in [0, 0.1) is 6.92 Å². The predicted octanol–water partition coefficient (Wildman–Crippen LogP) is 6.15. The molecule has 0 unspecified atom stereocenters. The molecule has 0 amide bonds. The Balaban J connectivity index is 1.60. The van der Waals surface area contributed by atoms with Crippen LogP contribution in [0.15, 0.2) is 91.3 Å². The van der Waals surface area contributed by atoms with Crippen LogP contribution in [-0.4, -0.2) is 20.8 Å². The van der Waals surface area contributed by atoms with Gasteiger partial charge in [0, 0.05) is 29.5 Å². The monoisotopic (exact) mass is 468 g/mol. The summed E-state index contributed by atoms with van der Waals surface area (Å²) in [7, 11) is 0. The summed E-state index contributed by atoms with van der Waals surface area (Å²) in [5.41, 5.74) is 5.44. The maximum Gasteiger partial charge on any atom is 0.174 e. The zero-order valence-corrected chi connectivity index (χ0v) is 20.4. The molecule has 172 valence electrons. The van der Waals surface area contributed by atoms with E-state index in [-0.39, 0.29) is 18.2 Å². The summed E-state index contributed by atoms with van der Waals surface area (Å²) in [4.78, 5) is 6.85. The van der Waals surface area contributed by atoms with E-state index in [4.69, 9.17) is 17.0 Å². The molecule has 1 saturated heterocycles. The van der Waals surface area contributed by atoms with Gasteiger partial charge in [0.25, 0.3) is 0 Å². The molecule has 34 heavy (non-hydrogen) atoms. The van der Waals surface area contributed by atoms with Gasteiger partial charge in [-0.2, -0.15) is 0 Å². The van der Waals surface area contributed by atoms with E-state index in [0.29, 0.717) is 5.11 Å². The highest BCUT2D eigenvalue weighted by Gasteiger charge is 2.42. The highest BCUT2D eigenvalue weighted by atomic mass is 32.1. The van der Waals surface area contributed by atoms with Crippen molar-refractivity contribution in [1.29, 1.82) is 0 Å². The molecule has 2 aromatic carbocycles. The van der Waals surface area contributed by atoms with Crippen LogP contribution in [0.3, 0.4) is 0 Å². The second kappa shape index (κ2) is 9.31. The van der Waals surface area contributed by atoms with E-state index in [2.05, 4.69) is 87.5 Å². The third-order valence-electron chi connectivity index (χ3n) is 5.98. The molecule has 1 fully saturated rings. The molecule has 4 aromatic rings. The van der Waals surface area contributed by atoms with Crippen LogP contribution in [0.2, 0.25) is 0 Å². The van der Waals surface area contributed by atoms with E-state index in [1.54, 1.807) is 0 Å². The first kappa shape index (κ1) is 22.2. The summed E-state index contributed by atoms with van der Waals surface area (Å²) in [6.45, 7) is 6.16. The minimum absolute atomic E-state index is 0.0874. The van der Waals surface area contributed by atoms with Crippen LogP contribution >= 0.6 is 12.2 Å². The highest BCUT2D eigenvalue weighted by molar-refractivity contribution is 7.80. The van der Waals surface area contributed by atoms with E-state index in [0.717, 1.165) is 28.5 Å². The molecule has 3 heterocycles. The van der Waals surface area contributed by atoms with Crippen molar-refractivity contribution >= 4 is 23.0 Å². The van der Waals surface area contributed by atoms with Crippen molar-refractivity contribution in [1.82, 2.24) is 14.9 Å². The maximum atomic E-state index is 5.88. The summed E-state index contributed by atoms with van der Waals surface area (Å²) in [5.74, 6) is 0.845. The Morgan fingerprint density at radius 1 is 0.912 bits per heavy atom. The van der Waals surface area contributed by atoms with Crippen molar-refractivity contribution < 1.29 is 4.74 Å². The minimum Gasteiger partial charge on any atom is -0.491 e. The first-order valence-electron chi connectivity index (χ1n) is 11.5. The zero-order valence-electron chi connectivity index (χ0n) is 19.6. The normalized spacial score (nSPS) is 17.8. The van der Waals surface area contributed by atoms with E-state index in [1.165, 1.54) is 5.56 Å². The number of nitrogens with one attached hydrogen (secondary N) is 1. The summed E-state index contributed by atoms with van der Waals surface area (Å²) >= 11 is 5.88. The minimum atomic E-state index is -0.0978. The number of ether oxygens (including phenoxy) is 1. The molecule has 1 N–H and O–H groups in total. The Labute approximate surface area is 206 Å². The van der Waals surface area contributed by atoms with Gasteiger partial charge in [0.2, 0.25) is 0 Å². The van der Waals surface area contributed by atoms with Gasteiger partial charge < -0.3 is 19.5 Å². The topological polar surface area (TPSA) is 42.3 Å². The first-order valence-corrected chi connectivity index (χ1v) is 11.9. The van der Waals surface area contributed by atoms with E-state index >= 15 is 0 Å². The molecule has 0 aliphatic carbocycles. The number of thiocarbonyl (C=S) groups is 1. The fourth-order valence-electron chi connectivity index (χ4n) is 4.47. The van der Waals surface area contributed by atoms with Crippen LogP contribution in [0.1, 0.15) is 42.9 Å². The van der Waals surface area contributed by atoms with Gasteiger partial charge in [-0.3, -0.25) is 4.98 Å². The van der Waals surface area contributed by atoms with Crippen molar-refractivity contribution in [3.8, 4) is 11.4 Å². The molecule has 5 rings (SSSR count). The summed E-state index contributed by atoms with van der Waals surface area (Å²) in [6.07, 6.45) is 4.06. The fraction of sp³-hybridized carbons (Fsp3) is 0.214. The Bertz CT molecular complexity index is 1270. The van der Waals surface area contributed by atoms with E-state index in [1.807, 2.05) is 44.3 Å². The molecule has 1 aliphatic rings. The second-order valence-corrected chi connectivity index (χ2v) is 9.18. The zero-order chi connectivity index (χ0) is 23.7. The average Bonchev–Trinajstić information content (AvgIpc) is 3.45. The quantitative estimate of drug-likeness (QED) is 0.344. The lowest BCUT2D eigenvalue weighted by molar-refractivity contribution is 0.242. The third-order valence-corrected chi connectivity index (χ3v) is 6.29. The standard InChI is InChI=1S/C28H28N4OS/c1-19(2)33-23-15-13-22(14-16-23)32-27(26(30-28(32)34)24-7-4-5-17-29-24)25-8-6-18-31(25)21-11-9-20(3)10-12-21/h4-19,26-27H,1-3H3,(H,30,34)/t26-,27+/m1/s1. The van der Waals surface area contributed by atoms with Crippen LogP contribution in [0.25, 0.3) is 5.69 Å². The molecule has 2 atom stereocenters. The Morgan fingerprint density at radius 3 is 2.32 bits per heavy atom. The number of rotatable bonds is 6. The summed E-state index contributed by atoms with van der Waals surface area (Å²) in [5, 5.41) is 4.22. The lowest BCUT2D eigenvalue weighted by atomic mass is 10.0. The molecule has 5 nitrogen and oxygen atoms in total. The van der Waals surface area contributed by atoms with Gasteiger partial charge in [-0.15, -0.1) is 0 Å². The second-order valence-electron chi connectivity index (χ2n) is 8.80. The lowest BCUT2D eigenvalue weighted by Gasteiger charge is -2.29. The maximum absolute atomic E-state index is 5.88. The fourth-order valence-corrected chi connectivity index (χ4v) is 4.81. The number of anilines is 1. The molecule has 0 spiro atoms. The number of nitrogens with zero attached hydrogens (tertiary/aromatic N) is 3. The Hall–Kier alpha value is -3.64. The molecule has 0 saturated carbocycles. The largest absolute Gasteiger partial charge is 0.491 e. The van der Waals surface area contributed by atoms with Crippen molar-refractivity contribution in [2.45, 2.75) is 39.0 Å². The van der Waals surface area contributed by atoms with Gasteiger partial charge in [0.05, 0.1) is 17.8 Å². The van der Waals surface area contributed by atoms with Crippen LogP contribution in [0.4, 0.5) is 5.69 Å². The number of aryl methyl sites for hydroxylation is 1. The van der Waals surface area contributed by atoms with Crippen molar-refractivity contribution in [2.75, 3.05) is 4.90 Å².